The molecule has 2 N–H and O–H groups in total. The Morgan fingerprint density at radius 3 is 2.39 bits per heavy atom. The van der Waals surface area contributed by atoms with Crippen molar-refractivity contribution in [3.05, 3.63) is 54.6 Å². The van der Waals surface area contributed by atoms with Gasteiger partial charge in [0.05, 0.1) is 0 Å². The standard InChI is InChI=1S/C23H26N2O3/c26-22(14-19-13-16-10-11-18(19)12-16)24-25-23(27)15-28-21-9-5-4-8-20(21)17-6-2-1-3-7-17/h1-9,16,18-19H,10-15H2,(H,24,26)(H,25,27)/t16-,18+,19-/m0/s1. The van der Waals surface area contributed by atoms with Gasteiger partial charge in [-0.3, -0.25) is 20.4 Å². The van der Waals surface area contributed by atoms with E-state index in [1.54, 1.807) is 0 Å². The zero-order valence-corrected chi connectivity index (χ0v) is 15.9. The number of fused-ring (bicyclic) bond motifs is 2. The SMILES string of the molecule is O=C(COc1ccccc1-c1ccccc1)NNC(=O)C[C@@H]1C[C@H]2CC[C@@H]1C2. The van der Waals surface area contributed by atoms with Crippen LogP contribution in [0.1, 0.15) is 32.1 Å². The number of hydrazine groups is 1. The summed E-state index contributed by atoms with van der Waals surface area (Å²) in [6.07, 6.45) is 5.51. The van der Waals surface area contributed by atoms with Crippen molar-refractivity contribution >= 4 is 11.8 Å². The molecule has 0 spiro atoms. The zero-order valence-electron chi connectivity index (χ0n) is 15.9. The van der Waals surface area contributed by atoms with Crippen molar-refractivity contribution in [1.29, 1.82) is 0 Å². The number of hydrogen-bond acceptors (Lipinski definition) is 3. The van der Waals surface area contributed by atoms with E-state index >= 15 is 0 Å². The topological polar surface area (TPSA) is 67.4 Å². The number of para-hydroxylation sites is 1. The van der Waals surface area contributed by atoms with Crippen LogP contribution in [0.5, 0.6) is 5.75 Å². The lowest BCUT2D eigenvalue weighted by Crippen LogP contribution is -2.44. The van der Waals surface area contributed by atoms with Crippen molar-refractivity contribution in [1.82, 2.24) is 10.9 Å². The van der Waals surface area contributed by atoms with E-state index in [2.05, 4.69) is 10.9 Å². The summed E-state index contributed by atoms with van der Waals surface area (Å²) in [5, 5.41) is 0. The summed E-state index contributed by atoms with van der Waals surface area (Å²) in [5.41, 5.74) is 6.95. The zero-order chi connectivity index (χ0) is 19.3. The minimum atomic E-state index is -0.371. The molecule has 28 heavy (non-hydrogen) atoms. The van der Waals surface area contributed by atoms with Crippen LogP contribution in [0.25, 0.3) is 11.1 Å². The van der Waals surface area contributed by atoms with Gasteiger partial charge < -0.3 is 4.74 Å². The van der Waals surface area contributed by atoms with Crippen molar-refractivity contribution < 1.29 is 14.3 Å². The number of ether oxygens (including phenoxy) is 1. The van der Waals surface area contributed by atoms with Crippen LogP contribution in [0, 0.1) is 17.8 Å². The Labute approximate surface area is 165 Å². The van der Waals surface area contributed by atoms with E-state index in [1.165, 1.54) is 19.3 Å². The fourth-order valence-electron chi connectivity index (χ4n) is 4.68. The fourth-order valence-corrected chi connectivity index (χ4v) is 4.68. The Kier molecular flexibility index (Phi) is 5.60. The molecule has 0 heterocycles. The van der Waals surface area contributed by atoms with Crippen LogP contribution < -0.4 is 15.6 Å². The van der Waals surface area contributed by atoms with Crippen LogP contribution in [0.15, 0.2) is 54.6 Å². The Balaban J connectivity index is 1.24. The number of carbonyl (C=O) groups excluding carboxylic acids is 2. The lowest BCUT2D eigenvalue weighted by atomic mass is 9.86. The molecule has 0 radical (unpaired) electrons. The van der Waals surface area contributed by atoms with Gasteiger partial charge in [0, 0.05) is 12.0 Å². The lowest BCUT2D eigenvalue weighted by molar-refractivity contribution is -0.130. The average molecular weight is 378 g/mol. The summed E-state index contributed by atoms with van der Waals surface area (Å²) in [4.78, 5) is 24.2. The number of carbonyl (C=O) groups is 2. The molecule has 0 saturated heterocycles. The second-order valence-corrected chi connectivity index (χ2v) is 7.89. The first-order valence-corrected chi connectivity index (χ1v) is 10.0. The van der Waals surface area contributed by atoms with Crippen LogP contribution in [0.4, 0.5) is 0 Å². The molecular weight excluding hydrogens is 352 g/mol. The monoisotopic (exact) mass is 378 g/mol. The van der Waals surface area contributed by atoms with E-state index in [9.17, 15) is 9.59 Å². The Hall–Kier alpha value is -2.82. The van der Waals surface area contributed by atoms with Gasteiger partial charge in [0.2, 0.25) is 5.91 Å². The molecule has 0 aromatic heterocycles. The van der Waals surface area contributed by atoms with Crippen LogP contribution in [-0.2, 0) is 9.59 Å². The molecule has 146 valence electrons. The molecule has 5 nitrogen and oxygen atoms in total. The van der Waals surface area contributed by atoms with Crippen molar-refractivity contribution in [2.45, 2.75) is 32.1 Å². The molecule has 2 aromatic carbocycles. The van der Waals surface area contributed by atoms with E-state index in [0.717, 1.165) is 23.5 Å². The molecule has 4 rings (SSSR count). The molecule has 2 aliphatic rings. The highest BCUT2D eigenvalue weighted by Crippen LogP contribution is 2.49. The van der Waals surface area contributed by atoms with Gasteiger partial charge in [0.15, 0.2) is 6.61 Å². The van der Waals surface area contributed by atoms with Crippen molar-refractivity contribution in [2.24, 2.45) is 17.8 Å². The molecule has 0 aliphatic heterocycles. The van der Waals surface area contributed by atoms with Gasteiger partial charge in [-0.05, 0) is 48.6 Å². The number of hydrogen-bond donors (Lipinski definition) is 2. The Morgan fingerprint density at radius 1 is 0.893 bits per heavy atom. The molecular formula is C23H26N2O3. The van der Waals surface area contributed by atoms with Crippen LogP contribution in [-0.4, -0.2) is 18.4 Å². The van der Waals surface area contributed by atoms with Gasteiger partial charge in [-0.15, -0.1) is 0 Å². The quantitative estimate of drug-likeness (QED) is 0.753. The molecule has 2 amide bonds. The molecule has 0 unspecified atom stereocenters. The predicted molar refractivity (Wildman–Crippen MR) is 107 cm³/mol. The molecule has 2 aliphatic carbocycles. The van der Waals surface area contributed by atoms with Crippen LogP contribution in [0.3, 0.4) is 0 Å². The van der Waals surface area contributed by atoms with Crippen molar-refractivity contribution in [3.63, 3.8) is 0 Å². The Morgan fingerprint density at radius 2 is 1.64 bits per heavy atom. The molecule has 2 bridgehead atoms. The third-order valence-corrected chi connectivity index (χ3v) is 6.00. The van der Waals surface area contributed by atoms with Gasteiger partial charge in [-0.2, -0.15) is 0 Å². The molecule has 2 aromatic rings. The van der Waals surface area contributed by atoms with E-state index in [4.69, 9.17) is 4.74 Å². The highest BCUT2D eigenvalue weighted by Gasteiger charge is 2.40. The molecule has 3 atom stereocenters. The third kappa shape index (κ3) is 4.35. The van der Waals surface area contributed by atoms with E-state index in [-0.39, 0.29) is 18.4 Å². The maximum atomic E-state index is 12.1. The highest BCUT2D eigenvalue weighted by atomic mass is 16.5. The van der Waals surface area contributed by atoms with Crippen molar-refractivity contribution in [3.8, 4) is 16.9 Å². The summed E-state index contributed by atoms with van der Waals surface area (Å²) in [6.45, 7) is -0.155. The summed E-state index contributed by atoms with van der Waals surface area (Å²) in [5.74, 6) is 2.14. The second kappa shape index (κ2) is 8.46. The number of benzene rings is 2. The first kappa shape index (κ1) is 18.5. The maximum Gasteiger partial charge on any atom is 0.276 e. The van der Waals surface area contributed by atoms with E-state index in [0.29, 0.717) is 24.0 Å². The summed E-state index contributed by atoms with van der Waals surface area (Å²) < 4.78 is 5.70. The smallest absolute Gasteiger partial charge is 0.276 e. The molecule has 5 heteroatoms. The van der Waals surface area contributed by atoms with E-state index in [1.807, 2.05) is 54.6 Å². The molecule has 2 fully saturated rings. The van der Waals surface area contributed by atoms with Gasteiger partial charge in [-0.1, -0.05) is 55.0 Å². The first-order valence-electron chi connectivity index (χ1n) is 10.0. The normalized spacial score (nSPS) is 22.6. The largest absolute Gasteiger partial charge is 0.483 e. The third-order valence-electron chi connectivity index (χ3n) is 6.00. The molecule has 2 saturated carbocycles. The second-order valence-electron chi connectivity index (χ2n) is 7.89. The summed E-state index contributed by atoms with van der Waals surface area (Å²) in [7, 11) is 0. The average Bonchev–Trinajstić information content (AvgIpc) is 3.35. The van der Waals surface area contributed by atoms with Gasteiger partial charge >= 0.3 is 0 Å². The summed E-state index contributed by atoms with van der Waals surface area (Å²) >= 11 is 0. The van der Waals surface area contributed by atoms with Crippen molar-refractivity contribution in [2.75, 3.05) is 6.61 Å². The predicted octanol–water partition coefficient (Wildman–Crippen LogP) is 3.71. The Bertz CT molecular complexity index is 837. The van der Waals surface area contributed by atoms with Gasteiger partial charge in [0.25, 0.3) is 5.91 Å². The minimum Gasteiger partial charge on any atom is -0.483 e. The first-order chi connectivity index (χ1) is 13.7. The summed E-state index contributed by atoms with van der Waals surface area (Å²) in [6, 6.07) is 17.5. The minimum absolute atomic E-state index is 0.115. The number of nitrogens with one attached hydrogen (secondary N) is 2. The number of amides is 2. The number of rotatable bonds is 6. The van der Waals surface area contributed by atoms with Gasteiger partial charge in [-0.25, -0.2) is 0 Å². The van der Waals surface area contributed by atoms with Crippen LogP contribution in [0.2, 0.25) is 0 Å². The van der Waals surface area contributed by atoms with Crippen LogP contribution >= 0.6 is 0 Å². The maximum absolute atomic E-state index is 12.1. The fraction of sp³-hybridized carbons (Fsp3) is 0.391. The van der Waals surface area contributed by atoms with E-state index < -0.39 is 0 Å². The van der Waals surface area contributed by atoms with Gasteiger partial charge in [0.1, 0.15) is 5.75 Å². The lowest BCUT2D eigenvalue weighted by Gasteiger charge is -2.21. The highest BCUT2D eigenvalue weighted by molar-refractivity contribution is 5.83.